The molecule has 0 bridgehead atoms. The Hall–Kier alpha value is -3.29. The molecule has 1 aliphatic heterocycles. The molecule has 0 radical (unpaired) electrons. The highest BCUT2D eigenvalue weighted by atomic mass is 19.1. The number of nitrogens with zero attached hydrogens (tertiary/aromatic N) is 2. The van der Waals surface area contributed by atoms with E-state index < -0.39 is 11.6 Å². The molecule has 4 aromatic rings. The first kappa shape index (κ1) is 20.6. The third-order valence-electron chi connectivity index (χ3n) is 5.62. The Morgan fingerprint density at radius 2 is 1.75 bits per heavy atom. The van der Waals surface area contributed by atoms with Gasteiger partial charge in [0.25, 0.3) is 6.01 Å². The molecule has 0 spiro atoms. The Morgan fingerprint density at radius 3 is 2.50 bits per heavy atom. The fraction of sp³-hybridized carbons (Fsp3) is 0.240. The Morgan fingerprint density at radius 1 is 1.00 bits per heavy atom. The summed E-state index contributed by atoms with van der Waals surface area (Å²) in [4.78, 5) is 6.47. The number of fused-ring (bicyclic) bond motifs is 1. The molecule has 0 amide bonds. The van der Waals surface area contributed by atoms with Crippen LogP contribution in [-0.2, 0) is 11.3 Å². The molecule has 1 aromatic heterocycles. The highest BCUT2D eigenvalue weighted by Gasteiger charge is 2.19. The number of aromatic nitrogens is 1. The van der Waals surface area contributed by atoms with Gasteiger partial charge in [0.05, 0.1) is 13.2 Å². The maximum absolute atomic E-state index is 14.9. The third kappa shape index (κ3) is 4.22. The van der Waals surface area contributed by atoms with Crippen LogP contribution in [0.3, 0.4) is 0 Å². The van der Waals surface area contributed by atoms with Crippen molar-refractivity contribution in [3.63, 3.8) is 0 Å². The van der Waals surface area contributed by atoms with Gasteiger partial charge in [-0.2, -0.15) is 4.98 Å². The monoisotopic (exact) mass is 435 g/mol. The number of morpholine rings is 1. The Bertz CT molecular complexity index is 1240. The number of nitrogens with one attached hydrogen (secondary N) is 1. The molecular formula is C25H23F2N3O2. The quantitative estimate of drug-likeness (QED) is 0.439. The average molecular weight is 435 g/mol. The summed E-state index contributed by atoms with van der Waals surface area (Å²) in [6.45, 7) is 4.70. The SMILES string of the molecule is Cc1cccc(Nc2nc3cccc(-c4cc(F)c(CN5CCOCC5)c(F)c4)c3o2)c1. The van der Waals surface area contributed by atoms with E-state index >= 15 is 0 Å². The van der Waals surface area contributed by atoms with E-state index in [2.05, 4.69) is 10.3 Å². The molecule has 7 heteroatoms. The van der Waals surface area contributed by atoms with Crippen LogP contribution in [0.2, 0.25) is 0 Å². The van der Waals surface area contributed by atoms with Crippen molar-refractivity contribution in [2.24, 2.45) is 0 Å². The zero-order valence-corrected chi connectivity index (χ0v) is 17.7. The first-order valence-corrected chi connectivity index (χ1v) is 10.6. The highest BCUT2D eigenvalue weighted by Crippen LogP contribution is 2.33. The van der Waals surface area contributed by atoms with Crippen LogP contribution >= 0.6 is 0 Å². The van der Waals surface area contributed by atoms with E-state index in [4.69, 9.17) is 9.15 Å². The van der Waals surface area contributed by atoms with Crippen LogP contribution in [0.15, 0.2) is 59.0 Å². The first-order chi connectivity index (χ1) is 15.6. The van der Waals surface area contributed by atoms with Crippen LogP contribution in [0.25, 0.3) is 22.2 Å². The Kier molecular flexibility index (Phi) is 5.59. The van der Waals surface area contributed by atoms with E-state index in [9.17, 15) is 8.78 Å². The predicted molar refractivity (Wildman–Crippen MR) is 120 cm³/mol. The van der Waals surface area contributed by atoms with Crippen molar-refractivity contribution < 1.29 is 17.9 Å². The largest absolute Gasteiger partial charge is 0.423 e. The maximum Gasteiger partial charge on any atom is 0.300 e. The lowest BCUT2D eigenvalue weighted by atomic mass is 10.0. The van der Waals surface area contributed by atoms with Gasteiger partial charge in [-0.05, 0) is 48.4 Å². The summed E-state index contributed by atoms with van der Waals surface area (Å²) in [6.07, 6.45) is 0. The van der Waals surface area contributed by atoms with E-state index in [-0.39, 0.29) is 12.1 Å². The van der Waals surface area contributed by atoms with Gasteiger partial charge in [-0.3, -0.25) is 4.90 Å². The van der Waals surface area contributed by atoms with Crippen molar-refractivity contribution >= 4 is 22.8 Å². The van der Waals surface area contributed by atoms with E-state index in [1.165, 1.54) is 12.1 Å². The van der Waals surface area contributed by atoms with E-state index in [0.29, 0.717) is 54.5 Å². The van der Waals surface area contributed by atoms with Gasteiger partial charge in [0, 0.05) is 36.4 Å². The van der Waals surface area contributed by atoms with Crippen LogP contribution in [0, 0.1) is 18.6 Å². The summed E-state index contributed by atoms with van der Waals surface area (Å²) in [5.74, 6) is -1.14. The fourth-order valence-corrected chi connectivity index (χ4v) is 3.97. The van der Waals surface area contributed by atoms with Crippen LogP contribution in [0.5, 0.6) is 0 Å². The van der Waals surface area contributed by atoms with Gasteiger partial charge in [-0.1, -0.05) is 24.3 Å². The molecule has 1 N–H and O–H groups in total. The third-order valence-corrected chi connectivity index (χ3v) is 5.62. The van der Waals surface area contributed by atoms with Crippen molar-refractivity contribution in [1.29, 1.82) is 0 Å². The zero-order valence-electron chi connectivity index (χ0n) is 17.7. The molecule has 164 valence electrons. The molecule has 5 rings (SSSR count). The summed E-state index contributed by atoms with van der Waals surface area (Å²) in [6, 6.07) is 16.3. The smallest absolute Gasteiger partial charge is 0.300 e. The van der Waals surface area contributed by atoms with Gasteiger partial charge in [0.15, 0.2) is 5.58 Å². The highest BCUT2D eigenvalue weighted by molar-refractivity contribution is 5.91. The van der Waals surface area contributed by atoms with Crippen LogP contribution in [0.4, 0.5) is 20.5 Å². The van der Waals surface area contributed by atoms with Gasteiger partial charge in [0.2, 0.25) is 0 Å². The Balaban J connectivity index is 1.46. The minimum absolute atomic E-state index is 0.0715. The molecule has 0 aliphatic carbocycles. The number of rotatable bonds is 5. The van der Waals surface area contributed by atoms with Crippen LogP contribution in [-0.4, -0.2) is 36.2 Å². The number of aryl methyl sites for hydroxylation is 1. The number of hydrogen-bond acceptors (Lipinski definition) is 5. The van der Waals surface area contributed by atoms with E-state index in [1.807, 2.05) is 42.2 Å². The average Bonchev–Trinajstić information content (AvgIpc) is 3.19. The van der Waals surface area contributed by atoms with Crippen LogP contribution in [0.1, 0.15) is 11.1 Å². The van der Waals surface area contributed by atoms with Gasteiger partial charge in [-0.15, -0.1) is 0 Å². The summed E-state index contributed by atoms with van der Waals surface area (Å²) in [5, 5.41) is 3.15. The van der Waals surface area contributed by atoms with Crippen molar-refractivity contribution in [3.05, 3.63) is 77.4 Å². The first-order valence-electron chi connectivity index (χ1n) is 10.6. The lowest BCUT2D eigenvalue weighted by Crippen LogP contribution is -2.36. The van der Waals surface area contributed by atoms with Crippen molar-refractivity contribution in [3.8, 4) is 11.1 Å². The topological polar surface area (TPSA) is 50.5 Å². The molecule has 3 aromatic carbocycles. The Labute approximate surface area is 184 Å². The predicted octanol–water partition coefficient (Wildman–Crippen LogP) is 5.66. The zero-order chi connectivity index (χ0) is 22.1. The number of benzene rings is 3. The molecule has 1 saturated heterocycles. The summed E-state index contributed by atoms with van der Waals surface area (Å²) < 4.78 is 41.1. The normalized spacial score (nSPS) is 14.7. The molecule has 2 heterocycles. The van der Waals surface area contributed by atoms with Crippen molar-refractivity contribution in [2.45, 2.75) is 13.5 Å². The molecule has 0 atom stereocenters. The molecule has 5 nitrogen and oxygen atoms in total. The molecule has 1 fully saturated rings. The summed E-state index contributed by atoms with van der Waals surface area (Å²) in [5.41, 5.74) is 4.11. The molecule has 32 heavy (non-hydrogen) atoms. The second-order valence-corrected chi connectivity index (χ2v) is 7.97. The molecule has 0 unspecified atom stereocenters. The van der Waals surface area contributed by atoms with Gasteiger partial charge < -0.3 is 14.5 Å². The second kappa shape index (κ2) is 8.68. The minimum atomic E-state index is -0.568. The maximum atomic E-state index is 14.9. The molecule has 1 aliphatic rings. The van der Waals surface area contributed by atoms with Crippen LogP contribution < -0.4 is 5.32 Å². The number of oxazole rings is 1. The second-order valence-electron chi connectivity index (χ2n) is 7.97. The number of para-hydroxylation sites is 1. The van der Waals surface area contributed by atoms with Gasteiger partial charge >= 0.3 is 0 Å². The standard InChI is InChI=1S/C25H23F2N3O2/c1-16-4-2-5-18(12-16)28-25-29-23-7-3-6-19(24(23)32-25)17-13-21(26)20(22(27)14-17)15-30-8-10-31-11-9-30/h2-7,12-14H,8-11,15H2,1H3,(H,28,29). The number of hydrogen-bond donors (Lipinski definition) is 1. The number of ether oxygens (including phenoxy) is 1. The minimum Gasteiger partial charge on any atom is -0.423 e. The van der Waals surface area contributed by atoms with Gasteiger partial charge in [-0.25, -0.2) is 8.78 Å². The van der Waals surface area contributed by atoms with E-state index in [1.54, 1.807) is 12.1 Å². The van der Waals surface area contributed by atoms with E-state index in [0.717, 1.165) is 11.3 Å². The number of anilines is 2. The lowest BCUT2D eigenvalue weighted by molar-refractivity contribution is 0.0332. The number of halogens is 2. The summed E-state index contributed by atoms with van der Waals surface area (Å²) in [7, 11) is 0. The van der Waals surface area contributed by atoms with Crippen molar-refractivity contribution in [1.82, 2.24) is 9.88 Å². The lowest BCUT2D eigenvalue weighted by Gasteiger charge is -2.26. The van der Waals surface area contributed by atoms with Crippen molar-refractivity contribution in [2.75, 3.05) is 31.6 Å². The molecular weight excluding hydrogens is 412 g/mol. The van der Waals surface area contributed by atoms with Gasteiger partial charge in [0.1, 0.15) is 17.2 Å². The fourth-order valence-electron chi connectivity index (χ4n) is 3.97. The summed E-state index contributed by atoms with van der Waals surface area (Å²) >= 11 is 0. The molecule has 0 saturated carbocycles.